The molecule has 1 aromatic carbocycles. The van der Waals surface area contributed by atoms with Crippen molar-refractivity contribution < 1.29 is 19.7 Å². The zero-order chi connectivity index (χ0) is 14.4. The molecule has 0 saturated heterocycles. The highest BCUT2D eigenvalue weighted by Gasteiger charge is 2.12. The molecule has 108 valence electrons. The van der Waals surface area contributed by atoms with Gasteiger partial charge in [-0.05, 0) is 39.8 Å². The van der Waals surface area contributed by atoms with Crippen LogP contribution in [0.3, 0.4) is 0 Å². The van der Waals surface area contributed by atoms with Crippen molar-refractivity contribution in [3.05, 3.63) is 29.3 Å². The monoisotopic (exact) mass is 268 g/mol. The molecule has 0 aliphatic carbocycles. The average Bonchev–Trinajstić information content (AvgIpc) is 2.34. The number of aryl methyl sites for hydroxylation is 1. The SMILES string of the molecule is Cc1ccc(OCC(O)COC(C)C)c([C@H](C)O)c1. The number of ether oxygens (including phenoxy) is 2. The molecule has 1 aromatic rings. The zero-order valence-corrected chi connectivity index (χ0v) is 12.1. The van der Waals surface area contributed by atoms with Gasteiger partial charge in [-0.3, -0.25) is 0 Å². The van der Waals surface area contributed by atoms with Crippen LogP contribution in [0.2, 0.25) is 0 Å². The largest absolute Gasteiger partial charge is 0.490 e. The minimum Gasteiger partial charge on any atom is -0.490 e. The van der Waals surface area contributed by atoms with Crippen molar-refractivity contribution in [1.82, 2.24) is 0 Å². The van der Waals surface area contributed by atoms with Gasteiger partial charge in [0.25, 0.3) is 0 Å². The highest BCUT2D eigenvalue weighted by molar-refractivity contribution is 5.38. The summed E-state index contributed by atoms with van der Waals surface area (Å²) >= 11 is 0. The Morgan fingerprint density at radius 2 is 1.79 bits per heavy atom. The first-order valence-electron chi connectivity index (χ1n) is 6.61. The summed E-state index contributed by atoms with van der Waals surface area (Å²) in [7, 11) is 0. The topological polar surface area (TPSA) is 58.9 Å². The lowest BCUT2D eigenvalue weighted by Gasteiger charge is -2.17. The van der Waals surface area contributed by atoms with Gasteiger partial charge in [-0.25, -0.2) is 0 Å². The van der Waals surface area contributed by atoms with Gasteiger partial charge in [0.15, 0.2) is 0 Å². The van der Waals surface area contributed by atoms with Crippen LogP contribution in [-0.4, -0.2) is 35.6 Å². The molecule has 4 nitrogen and oxygen atoms in total. The molecule has 4 heteroatoms. The van der Waals surface area contributed by atoms with Crippen LogP contribution in [0.1, 0.15) is 38.0 Å². The normalized spacial score (nSPS) is 14.5. The molecule has 0 aliphatic heterocycles. The first-order valence-corrected chi connectivity index (χ1v) is 6.61. The molecule has 0 radical (unpaired) electrons. The van der Waals surface area contributed by atoms with Gasteiger partial charge >= 0.3 is 0 Å². The molecule has 0 bridgehead atoms. The summed E-state index contributed by atoms with van der Waals surface area (Å²) in [6.07, 6.45) is -1.19. The smallest absolute Gasteiger partial charge is 0.125 e. The molecule has 0 aliphatic rings. The fourth-order valence-electron chi connectivity index (χ4n) is 1.66. The fraction of sp³-hybridized carbons (Fsp3) is 0.600. The third-order valence-corrected chi connectivity index (χ3v) is 2.67. The van der Waals surface area contributed by atoms with Crippen LogP contribution in [0, 0.1) is 6.92 Å². The number of aliphatic hydroxyl groups excluding tert-OH is 2. The maximum atomic E-state index is 9.73. The summed E-state index contributed by atoms with van der Waals surface area (Å²) in [5, 5.41) is 19.4. The Kier molecular flexibility index (Phi) is 6.28. The lowest BCUT2D eigenvalue weighted by molar-refractivity contribution is -0.0126. The summed E-state index contributed by atoms with van der Waals surface area (Å²) in [6, 6.07) is 5.61. The minimum atomic E-state index is -0.675. The molecule has 2 N–H and O–H groups in total. The van der Waals surface area contributed by atoms with E-state index in [2.05, 4.69) is 0 Å². The maximum absolute atomic E-state index is 9.73. The van der Waals surface area contributed by atoms with E-state index in [-0.39, 0.29) is 19.3 Å². The van der Waals surface area contributed by atoms with E-state index in [1.807, 2.05) is 39.0 Å². The van der Waals surface area contributed by atoms with Crippen LogP contribution in [0.4, 0.5) is 0 Å². The molecule has 0 spiro atoms. The number of hydrogen-bond acceptors (Lipinski definition) is 4. The third kappa shape index (κ3) is 5.59. The molecular weight excluding hydrogens is 244 g/mol. The van der Waals surface area contributed by atoms with Crippen LogP contribution in [-0.2, 0) is 4.74 Å². The zero-order valence-electron chi connectivity index (χ0n) is 12.1. The van der Waals surface area contributed by atoms with Crippen LogP contribution in [0.25, 0.3) is 0 Å². The van der Waals surface area contributed by atoms with Crippen molar-refractivity contribution in [2.75, 3.05) is 13.2 Å². The van der Waals surface area contributed by atoms with Crippen molar-refractivity contribution in [1.29, 1.82) is 0 Å². The van der Waals surface area contributed by atoms with E-state index >= 15 is 0 Å². The van der Waals surface area contributed by atoms with E-state index < -0.39 is 12.2 Å². The molecule has 1 unspecified atom stereocenters. The Hall–Kier alpha value is -1.10. The molecular formula is C15H24O4. The molecule has 0 amide bonds. The van der Waals surface area contributed by atoms with Gasteiger partial charge < -0.3 is 19.7 Å². The second kappa shape index (κ2) is 7.48. The molecule has 0 saturated carbocycles. The second-order valence-corrected chi connectivity index (χ2v) is 5.06. The standard InChI is InChI=1S/C15H24O4/c1-10(2)18-8-13(17)9-19-15-6-5-11(3)7-14(15)12(4)16/h5-7,10,12-13,16-17H,8-9H2,1-4H3/t12-,13?/m0/s1. The third-order valence-electron chi connectivity index (χ3n) is 2.67. The van der Waals surface area contributed by atoms with Gasteiger partial charge in [0.2, 0.25) is 0 Å². The van der Waals surface area contributed by atoms with Crippen molar-refractivity contribution >= 4 is 0 Å². The van der Waals surface area contributed by atoms with Gasteiger partial charge in [-0.2, -0.15) is 0 Å². The molecule has 0 heterocycles. The number of rotatable bonds is 7. The van der Waals surface area contributed by atoms with E-state index in [9.17, 15) is 10.2 Å². The van der Waals surface area contributed by atoms with Crippen molar-refractivity contribution in [2.24, 2.45) is 0 Å². The fourth-order valence-corrected chi connectivity index (χ4v) is 1.66. The Labute approximate surface area is 115 Å². The van der Waals surface area contributed by atoms with Crippen molar-refractivity contribution in [2.45, 2.75) is 46.0 Å². The predicted octanol–water partition coefficient (Wildman–Crippen LogP) is 2.21. The van der Waals surface area contributed by atoms with E-state index in [4.69, 9.17) is 9.47 Å². The molecule has 0 fully saturated rings. The van der Waals surface area contributed by atoms with E-state index in [0.717, 1.165) is 11.1 Å². The van der Waals surface area contributed by atoms with Gasteiger partial charge in [0, 0.05) is 5.56 Å². The quantitative estimate of drug-likeness (QED) is 0.796. The Balaban J connectivity index is 2.57. The highest BCUT2D eigenvalue weighted by Crippen LogP contribution is 2.26. The Morgan fingerprint density at radius 3 is 2.37 bits per heavy atom. The maximum Gasteiger partial charge on any atom is 0.125 e. The Morgan fingerprint density at radius 1 is 1.11 bits per heavy atom. The van der Waals surface area contributed by atoms with Gasteiger partial charge in [-0.15, -0.1) is 0 Å². The summed E-state index contributed by atoms with van der Waals surface area (Å²) in [6.45, 7) is 7.88. The minimum absolute atomic E-state index is 0.0852. The van der Waals surface area contributed by atoms with Crippen LogP contribution in [0.5, 0.6) is 5.75 Å². The van der Waals surface area contributed by atoms with E-state index in [1.165, 1.54) is 0 Å². The summed E-state index contributed by atoms with van der Waals surface area (Å²) in [5.41, 5.74) is 1.80. The lowest BCUT2D eigenvalue weighted by atomic mass is 10.1. The first-order chi connectivity index (χ1) is 8.90. The van der Waals surface area contributed by atoms with Gasteiger partial charge in [0.1, 0.15) is 18.5 Å². The Bertz CT molecular complexity index is 388. The van der Waals surface area contributed by atoms with Crippen LogP contribution < -0.4 is 4.74 Å². The summed E-state index contributed by atoms with van der Waals surface area (Å²) < 4.78 is 10.9. The molecule has 19 heavy (non-hydrogen) atoms. The van der Waals surface area contributed by atoms with E-state index in [0.29, 0.717) is 5.75 Å². The van der Waals surface area contributed by atoms with Gasteiger partial charge in [-0.1, -0.05) is 11.6 Å². The van der Waals surface area contributed by atoms with Crippen molar-refractivity contribution in [3.8, 4) is 5.75 Å². The van der Waals surface area contributed by atoms with Crippen molar-refractivity contribution in [3.63, 3.8) is 0 Å². The molecule has 2 atom stereocenters. The highest BCUT2D eigenvalue weighted by atomic mass is 16.5. The summed E-state index contributed by atoms with van der Waals surface area (Å²) in [4.78, 5) is 0. The summed E-state index contributed by atoms with van der Waals surface area (Å²) in [5.74, 6) is 0.601. The number of aliphatic hydroxyl groups is 2. The average molecular weight is 268 g/mol. The number of hydrogen-bond donors (Lipinski definition) is 2. The van der Waals surface area contributed by atoms with Crippen LogP contribution >= 0.6 is 0 Å². The lowest BCUT2D eigenvalue weighted by Crippen LogP contribution is -2.25. The number of benzene rings is 1. The van der Waals surface area contributed by atoms with Gasteiger partial charge in [0.05, 0.1) is 18.8 Å². The van der Waals surface area contributed by atoms with E-state index in [1.54, 1.807) is 6.92 Å². The van der Waals surface area contributed by atoms with Crippen LogP contribution in [0.15, 0.2) is 18.2 Å². The predicted molar refractivity (Wildman–Crippen MR) is 74.4 cm³/mol. The molecule has 0 aromatic heterocycles. The first kappa shape index (κ1) is 16.0. The molecule has 1 rings (SSSR count). The second-order valence-electron chi connectivity index (χ2n) is 5.06.